The highest BCUT2D eigenvalue weighted by Crippen LogP contribution is 2.67. The van der Waals surface area contributed by atoms with E-state index in [0.717, 1.165) is 30.4 Å². The van der Waals surface area contributed by atoms with Crippen LogP contribution >= 0.6 is 0 Å². The maximum Gasteiger partial charge on any atom is 0.339 e. The van der Waals surface area contributed by atoms with Crippen LogP contribution in [0, 0.1) is 22.7 Å². The van der Waals surface area contributed by atoms with Gasteiger partial charge in [-0.05, 0) is 56.2 Å². The summed E-state index contributed by atoms with van der Waals surface area (Å²) >= 11 is 0. The fourth-order valence-corrected chi connectivity index (χ4v) is 7.83. The van der Waals surface area contributed by atoms with E-state index in [9.17, 15) is 14.7 Å². The number of hydrogen-bond acceptors (Lipinski definition) is 6. The van der Waals surface area contributed by atoms with E-state index < -0.39 is 5.60 Å². The van der Waals surface area contributed by atoms with Crippen LogP contribution in [0.5, 0.6) is 11.5 Å². The molecule has 190 valence electrons. The third-order valence-corrected chi connectivity index (χ3v) is 10.1. The fourth-order valence-electron chi connectivity index (χ4n) is 7.83. The summed E-state index contributed by atoms with van der Waals surface area (Å²) in [6, 6.07) is 5.08. The second-order valence-corrected chi connectivity index (χ2v) is 12.0. The minimum atomic E-state index is -0.481. The number of ether oxygens (including phenoxy) is 2. The molecule has 2 aliphatic carbocycles. The Morgan fingerprint density at radius 1 is 1.22 bits per heavy atom. The van der Waals surface area contributed by atoms with Crippen LogP contribution in [-0.2, 0) is 17.7 Å². The Hall–Kier alpha value is -3.09. The lowest BCUT2D eigenvalue weighted by atomic mass is 9.43. The molecule has 3 heterocycles. The number of amides is 1. The summed E-state index contributed by atoms with van der Waals surface area (Å²) in [5.74, 6) is 0.845. The summed E-state index contributed by atoms with van der Waals surface area (Å²) in [5, 5.41) is 13.8. The molecule has 0 bridgehead atoms. The molecule has 36 heavy (non-hydrogen) atoms. The predicted octanol–water partition coefficient (Wildman–Crippen LogP) is 4.80. The van der Waals surface area contributed by atoms with Crippen molar-refractivity contribution in [2.75, 3.05) is 0 Å². The van der Waals surface area contributed by atoms with Gasteiger partial charge in [-0.1, -0.05) is 27.7 Å². The number of aromatic hydroxyl groups is 1. The standard InChI is InChI=1S/C29H34N2O5/c1-16-7-8-22-27(2,3)23(35-26(34)17-6-5-11-30-14-17)9-10-29(22)28(16,4)13-19-21(32)12-18-20(24(19)36-29)15-31-25(18)33/h5-6,11-12,14,16,22-23,32H,7-10,13,15H2,1-4H3,(H,31,33)/t16-,22-,23-,28+,29?/m0/s1. The first-order valence-corrected chi connectivity index (χ1v) is 13.0. The molecule has 2 aromatic rings. The van der Waals surface area contributed by atoms with Crippen LogP contribution in [0.15, 0.2) is 30.6 Å². The first kappa shape index (κ1) is 23.3. The molecule has 2 N–H and O–H groups in total. The minimum Gasteiger partial charge on any atom is -0.508 e. The van der Waals surface area contributed by atoms with Gasteiger partial charge in [-0.25, -0.2) is 4.79 Å². The number of phenols is 1. The van der Waals surface area contributed by atoms with Crippen LogP contribution in [-0.4, -0.2) is 33.7 Å². The van der Waals surface area contributed by atoms with E-state index >= 15 is 0 Å². The molecule has 7 nitrogen and oxygen atoms in total. The third-order valence-electron chi connectivity index (χ3n) is 10.1. The summed E-state index contributed by atoms with van der Waals surface area (Å²) in [6.45, 7) is 9.42. The predicted molar refractivity (Wildman–Crippen MR) is 133 cm³/mol. The summed E-state index contributed by atoms with van der Waals surface area (Å²) < 4.78 is 13.3. The Morgan fingerprint density at radius 2 is 2.03 bits per heavy atom. The molecule has 4 aliphatic rings. The number of phenolic OH excluding ortho intramolecular Hbond substituents is 1. The van der Waals surface area contributed by atoms with E-state index in [0.29, 0.717) is 42.2 Å². The number of carbonyl (C=O) groups excluding carboxylic acids is 2. The van der Waals surface area contributed by atoms with Crippen molar-refractivity contribution in [2.24, 2.45) is 22.7 Å². The molecule has 1 aromatic heterocycles. The lowest BCUT2D eigenvalue weighted by Crippen LogP contribution is -2.70. The smallest absolute Gasteiger partial charge is 0.339 e. The highest BCUT2D eigenvalue weighted by atomic mass is 16.5. The molecule has 1 aromatic carbocycles. The summed E-state index contributed by atoms with van der Waals surface area (Å²) in [5.41, 5.74) is 1.61. The maximum absolute atomic E-state index is 13.0. The number of nitrogens with zero attached hydrogens (tertiary/aromatic N) is 1. The van der Waals surface area contributed by atoms with Crippen molar-refractivity contribution in [3.05, 3.63) is 52.8 Å². The van der Waals surface area contributed by atoms with Gasteiger partial charge in [-0.3, -0.25) is 9.78 Å². The van der Waals surface area contributed by atoms with Gasteiger partial charge in [-0.15, -0.1) is 0 Å². The van der Waals surface area contributed by atoms with Gasteiger partial charge in [0, 0.05) is 46.8 Å². The monoisotopic (exact) mass is 490 g/mol. The van der Waals surface area contributed by atoms with Gasteiger partial charge in [0.05, 0.1) is 11.1 Å². The molecule has 1 amide bonds. The van der Waals surface area contributed by atoms with Gasteiger partial charge in [0.25, 0.3) is 5.91 Å². The van der Waals surface area contributed by atoms with Crippen molar-refractivity contribution in [1.29, 1.82) is 0 Å². The van der Waals surface area contributed by atoms with Gasteiger partial charge in [-0.2, -0.15) is 0 Å². The third kappa shape index (κ3) is 3.01. The molecule has 2 fully saturated rings. The fraction of sp³-hybridized carbons (Fsp3) is 0.552. The molecule has 6 rings (SSSR count). The first-order valence-electron chi connectivity index (χ1n) is 13.0. The van der Waals surface area contributed by atoms with Crippen molar-refractivity contribution in [3.63, 3.8) is 0 Å². The largest absolute Gasteiger partial charge is 0.508 e. The molecule has 1 spiro atoms. The Labute approximate surface area is 211 Å². The second-order valence-electron chi connectivity index (χ2n) is 12.0. The lowest BCUT2D eigenvalue weighted by Gasteiger charge is -2.67. The highest BCUT2D eigenvalue weighted by Gasteiger charge is 2.68. The van der Waals surface area contributed by atoms with Gasteiger partial charge in [0.15, 0.2) is 0 Å². The van der Waals surface area contributed by atoms with E-state index in [4.69, 9.17) is 9.47 Å². The summed E-state index contributed by atoms with van der Waals surface area (Å²) in [6.07, 6.45) is 7.08. The van der Waals surface area contributed by atoms with Crippen LogP contribution in [0.4, 0.5) is 0 Å². The topological polar surface area (TPSA) is 97.8 Å². The van der Waals surface area contributed by atoms with E-state index in [1.165, 1.54) is 0 Å². The molecule has 7 heteroatoms. The Bertz CT molecular complexity index is 1260. The van der Waals surface area contributed by atoms with E-state index in [1.807, 2.05) is 0 Å². The maximum atomic E-state index is 13.0. The van der Waals surface area contributed by atoms with Gasteiger partial charge < -0.3 is 19.9 Å². The molecule has 0 saturated heterocycles. The quantitative estimate of drug-likeness (QED) is 0.587. The summed E-state index contributed by atoms with van der Waals surface area (Å²) in [7, 11) is 0. The average molecular weight is 491 g/mol. The molecule has 2 aliphatic heterocycles. The number of nitrogens with one attached hydrogen (secondary N) is 1. The number of aromatic nitrogens is 1. The Balaban J connectivity index is 1.41. The van der Waals surface area contributed by atoms with Crippen LogP contribution < -0.4 is 10.1 Å². The van der Waals surface area contributed by atoms with E-state index in [1.54, 1.807) is 30.6 Å². The van der Waals surface area contributed by atoms with Crippen LogP contribution in [0.25, 0.3) is 0 Å². The zero-order chi connectivity index (χ0) is 25.5. The molecular weight excluding hydrogens is 456 g/mol. The van der Waals surface area contributed by atoms with Crippen molar-refractivity contribution in [2.45, 2.75) is 78.0 Å². The van der Waals surface area contributed by atoms with Gasteiger partial charge >= 0.3 is 5.97 Å². The van der Waals surface area contributed by atoms with Gasteiger partial charge in [0.1, 0.15) is 23.2 Å². The molecule has 2 saturated carbocycles. The second kappa shape index (κ2) is 7.70. The van der Waals surface area contributed by atoms with Gasteiger partial charge in [0.2, 0.25) is 0 Å². The number of hydrogen-bond donors (Lipinski definition) is 2. The number of carbonyl (C=O) groups is 2. The van der Waals surface area contributed by atoms with E-state index in [-0.39, 0.29) is 40.5 Å². The highest BCUT2D eigenvalue weighted by molar-refractivity contribution is 6.00. The van der Waals surface area contributed by atoms with Crippen LogP contribution in [0.2, 0.25) is 0 Å². The Morgan fingerprint density at radius 3 is 2.78 bits per heavy atom. The van der Waals surface area contributed by atoms with Crippen LogP contribution in [0.1, 0.15) is 85.2 Å². The number of pyridine rings is 1. The molecular formula is C29H34N2O5. The molecule has 5 atom stereocenters. The summed E-state index contributed by atoms with van der Waals surface area (Å²) in [4.78, 5) is 29.4. The average Bonchev–Trinajstić information content (AvgIpc) is 3.22. The Kier molecular flexibility index (Phi) is 4.99. The van der Waals surface area contributed by atoms with Crippen molar-refractivity contribution in [3.8, 4) is 11.5 Å². The van der Waals surface area contributed by atoms with Crippen LogP contribution in [0.3, 0.4) is 0 Å². The SMILES string of the molecule is C[C@H]1CC[C@H]2C(C)(C)[C@@H](OC(=O)c3cccnc3)CCC23Oc2c(c(O)cc4c2CNC4=O)C[C@]13C. The lowest BCUT2D eigenvalue weighted by molar-refractivity contribution is -0.233. The van der Waals surface area contributed by atoms with E-state index in [2.05, 4.69) is 38.0 Å². The number of fused-ring (bicyclic) bond motifs is 3. The number of rotatable bonds is 2. The van der Waals surface area contributed by atoms with Crippen molar-refractivity contribution < 1.29 is 24.2 Å². The first-order chi connectivity index (χ1) is 17.1. The number of esters is 1. The molecule has 0 radical (unpaired) electrons. The molecule has 1 unspecified atom stereocenters. The zero-order valence-corrected chi connectivity index (χ0v) is 21.4. The number of benzene rings is 1. The zero-order valence-electron chi connectivity index (χ0n) is 21.4. The minimum absolute atomic E-state index is 0.142. The van der Waals surface area contributed by atoms with Crippen molar-refractivity contribution >= 4 is 11.9 Å². The normalized spacial score (nSPS) is 33.8. The van der Waals surface area contributed by atoms with Crippen molar-refractivity contribution in [1.82, 2.24) is 10.3 Å².